The second kappa shape index (κ2) is 5.43. The predicted molar refractivity (Wildman–Crippen MR) is 90.0 cm³/mol. The SMILES string of the molecule is Cn1cc(C(=O)N2CC=C(c3c[nH]c4ccccc34)CC2)cn1. The average molecular weight is 306 g/mol. The third-order valence-corrected chi connectivity index (χ3v) is 4.38. The van der Waals surface area contributed by atoms with Crippen LogP contribution < -0.4 is 0 Å². The topological polar surface area (TPSA) is 53.9 Å². The first-order valence-corrected chi connectivity index (χ1v) is 7.76. The zero-order valence-corrected chi connectivity index (χ0v) is 13.0. The van der Waals surface area contributed by atoms with E-state index in [4.69, 9.17) is 0 Å². The van der Waals surface area contributed by atoms with Crippen LogP contribution in [0.15, 0.2) is 48.9 Å². The smallest absolute Gasteiger partial charge is 0.257 e. The molecular formula is C18H18N4O. The van der Waals surface area contributed by atoms with Crippen molar-refractivity contribution in [3.8, 4) is 0 Å². The number of para-hydroxylation sites is 1. The van der Waals surface area contributed by atoms with Gasteiger partial charge in [-0.05, 0) is 18.1 Å². The molecule has 0 aliphatic carbocycles. The van der Waals surface area contributed by atoms with Gasteiger partial charge in [0.2, 0.25) is 0 Å². The normalized spacial score (nSPS) is 15.0. The quantitative estimate of drug-likeness (QED) is 0.791. The fourth-order valence-corrected chi connectivity index (χ4v) is 3.15. The molecule has 1 aliphatic heterocycles. The summed E-state index contributed by atoms with van der Waals surface area (Å²) < 4.78 is 1.66. The predicted octanol–water partition coefficient (Wildman–Crippen LogP) is 2.83. The molecule has 0 saturated heterocycles. The van der Waals surface area contributed by atoms with Gasteiger partial charge in [0.25, 0.3) is 5.91 Å². The van der Waals surface area contributed by atoms with Crippen LogP contribution in [0.5, 0.6) is 0 Å². The number of carbonyl (C=O) groups is 1. The Hall–Kier alpha value is -2.82. The molecule has 1 aromatic carbocycles. The molecule has 23 heavy (non-hydrogen) atoms. The number of aromatic amines is 1. The van der Waals surface area contributed by atoms with Gasteiger partial charge in [0.05, 0.1) is 11.8 Å². The van der Waals surface area contributed by atoms with E-state index in [1.165, 1.54) is 16.5 Å². The maximum Gasteiger partial charge on any atom is 0.257 e. The van der Waals surface area contributed by atoms with Gasteiger partial charge in [-0.2, -0.15) is 5.10 Å². The third kappa shape index (κ3) is 2.44. The van der Waals surface area contributed by atoms with E-state index in [2.05, 4.69) is 40.6 Å². The van der Waals surface area contributed by atoms with Crippen LogP contribution in [-0.4, -0.2) is 38.7 Å². The van der Waals surface area contributed by atoms with E-state index >= 15 is 0 Å². The van der Waals surface area contributed by atoms with Gasteiger partial charge in [0.1, 0.15) is 0 Å². The Morgan fingerprint density at radius 3 is 2.91 bits per heavy atom. The summed E-state index contributed by atoms with van der Waals surface area (Å²) in [5.41, 5.74) is 4.35. The number of carbonyl (C=O) groups excluding carboxylic acids is 1. The highest BCUT2D eigenvalue weighted by atomic mass is 16.2. The van der Waals surface area contributed by atoms with Crippen molar-refractivity contribution < 1.29 is 4.79 Å². The molecule has 116 valence electrons. The molecule has 1 amide bonds. The van der Waals surface area contributed by atoms with Gasteiger partial charge in [-0.15, -0.1) is 0 Å². The Balaban J connectivity index is 1.56. The van der Waals surface area contributed by atoms with Crippen molar-refractivity contribution in [1.82, 2.24) is 19.7 Å². The van der Waals surface area contributed by atoms with Gasteiger partial charge in [0.15, 0.2) is 0 Å². The molecule has 0 radical (unpaired) electrons. The van der Waals surface area contributed by atoms with Crippen molar-refractivity contribution in [2.24, 2.45) is 7.05 Å². The average Bonchev–Trinajstić information content (AvgIpc) is 3.21. The fourth-order valence-electron chi connectivity index (χ4n) is 3.15. The number of fused-ring (bicyclic) bond motifs is 1. The highest BCUT2D eigenvalue weighted by Gasteiger charge is 2.21. The number of hydrogen-bond donors (Lipinski definition) is 1. The molecular weight excluding hydrogens is 288 g/mol. The Bertz CT molecular complexity index is 903. The zero-order valence-electron chi connectivity index (χ0n) is 13.0. The van der Waals surface area contributed by atoms with E-state index in [0.29, 0.717) is 12.1 Å². The molecule has 0 spiro atoms. The molecule has 0 unspecified atom stereocenters. The van der Waals surface area contributed by atoms with Crippen LogP contribution >= 0.6 is 0 Å². The lowest BCUT2D eigenvalue weighted by Crippen LogP contribution is -2.34. The van der Waals surface area contributed by atoms with Crippen LogP contribution in [0.3, 0.4) is 0 Å². The minimum absolute atomic E-state index is 0.0485. The van der Waals surface area contributed by atoms with E-state index in [1.54, 1.807) is 17.1 Å². The summed E-state index contributed by atoms with van der Waals surface area (Å²) in [5.74, 6) is 0.0485. The number of rotatable bonds is 2. The minimum Gasteiger partial charge on any atom is -0.361 e. The van der Waals surface area contributed by atoms with E-state index in [9.17, 15) is 4.79 Å². The summed E-state index contributed by atoms with van der Waals surface area (Å²) in [7, 11) is 1.82. The highest BCUT2D eigenvalue weighted by molar-refractivity contribution is 5.96. The van der Waals surface area contributed by atoms with Crippen LogP contribution in [0.1, 0.15) is 22.3 Å². The number of aryl methyl sites for hydroxylation is 1. The van der Waals surface area contributed by atoms with Crippen LogP contribution in [0, 0.1) is 0 Å². The molecule has 5 nitrogen and oxygen atoms in total. The van der Waals surface area contributed by atoms with Gasteiger partial charge < -0.3 is 9.88 Å². The summed E-state index contributed by atoms with van der Waals surface area (Å²) >= 11 is 0. The molecule has 2 aromatic heterocycles. The van der Waals surface area contributed by atoms with Crippen LogP contribution in [0.4, 0.5) is 0 Å². The zero-order chi connectivity index (χ0) is 15.8. The molecule has 3 aromatic rings. The van der Waals surface area contributed by atoms with Gasteiger partial charge in [-0.25, -0.2) is 0 Å². The molecule has 1 N–H and O–H groups in total. The van der Waals surface area contributed by atoms with Crippen LogP contribution in [-0.2, 0) is 7.05 Å². The number of amides is 1. The lowest BCUT2D eigenvalue weighted by Gasteiger charge is -2.26. The number of H-pyrrole nitrogens is 1. The molecule has 5 heteroatoms. The largest absolute Gasteiger partial charge is 0.361 e. The van der Waals surface area contributed by atoms with Crippen molar-refractivity contribution in [3.63, 3.8) is 0 Å². The number of nitrogens with zero attached hydrogens (tertiary/aromatic N) is 3. The third-order valence-electron chi connectivity index (χ3n) is 4.38. The van der Waals surface area contributed by atoms with E-state index < -0.39 is 0 Å². The van der Waals surface area contributed by atoms with Gasteiger partial charge in [-0.1, -0.05) is 24.3 Å². The second-order valence-corrected chi connectivity index (χ2v) is 5.88. The molecule has 0 bridgehead atoms. The lowest BCUT2D eigenvalue weighted by molar-refractivity contribution is 0.0773. The number of aromatic nitrogens is 3. The van der Waals surface area contributed by atoms with Gasteiger partial charge in [-0.3, -0.25) is 9.48 Å². The van der Waals surface area contributed by atoms with Crippen LogP contribution in [0.25, 0.3) is 16.5 Å². The summed E-state index contributed by atoms with van der Waals surface area (Å²) in [4.78, 5) is 17.6. The van der Waals surface area contributed by atoms with Crippen molar-refractivity contribution >= 4 is 22.4 Å². The Kier molecular flexibility index (Phi) is 3.26. The Morgan fingerprint density at radius 1 is 1.30 bits per heavy atom. The van der Waals surface area contributed by atoms with E-state index in [1.807, 2.05) is 18.0 Å². The van der Waals surface area contributed by atoms with Crippen molar-refractivity contribution in [2.75, 3.05) is 13.1 Å². The first-order valence-electron chi connectivity index (χ1n) is 7.76. The molecule has 0 atom stereocenters. The Morgan fingerprint density at radius 2 is 2.17 bits per heavy atom. The van der Waals surface area contributed by atoms with Gasteiger partial charge >= 0.3 is 0 Å². The van der Waals surface area contributed by atoms with Gasteiger partial charge in [0, 0.05) is 49.0 Å². The fraction of sp³-hybridized carbons (Fsp3) is 0.222. The summed E-state index contributed by atoms with van der Waals surface area (Å²) in [6.45, 7) is 1.38. The van der Waals surface area contributed by atoms with Crippen molar-refractivity contribution in [3.05, 3.63) is 60.1 Å². The monoisotopic (exact) mass is 306 g/mol. The first-order chi connectivity index (χ1) is 11.2. The van der Waals surface area contributed by atoms with Crippen LogP contribution in [0.2, 0.25) is 0 Å². The molecule has 1 aliphatic rings. The summed E-state index contributed by atoms with van der Waals surface area (Å²) in [6.07, 6.45) is 8.48. The minimum atomic E-state index is 0.0485. The standard InChI is InChI=1S/C18H18N4O/c1-21-12-14(10-20-21)18(23)22-8-6-13(7-9-22)16-11-19-17-5-3-2-4-15(16)17/h2-6,10-12,19H,7-9H2,1H3. The molecule has 0 fully saturated rings. The van der Waals surface area contributed by atoms with E-state index in [0.717, 1.165) is 18.5 Å². The number of nitrogens with one attached hydrogen (secondary N) is 1. The number of hydrogen-bond acceptors (Lipinski definition) is 2. The van der Waals surface area contributed by atoms with Crippen molar-refractivity contribution in [2.45, 2.75) is 6.42 Å². The molecule has 4 rings (SSSR count). The Labute approximate surface area is 134 Å². The van der Waals surface area contributed by atoms with Crippen molar-refractivity contribution in [1.29, 1.82) is 0 Å². The summed E-state index contributed by atoms with van der Waals surface area (Å²) in [5, 5.41) is 5.31. The lowest BCUT2D eigenvalue weighted by atomic mass is 9.98. The number of benzene rings is 1. The van der Waals surface area contributed by atoms with E-state index in [-0.39, 0.29) is 5.91 Å². The molecule has 0 saturated carbocycles. The highest BCUT2D eigenvalue weighted by Crippen LogP contribution is 2.29. The molecule has 3 heterocycles. The second-order valence-electron chi connectivity index (χ2n) is 5.88. The first kappa shape index (κ1) is 13.8. The maximum absolute atomic E-state index is 12.5. The maximum atomic E-state index is 12.5. The summed E-state index contributed by atoms with van der Waals surface area (Å²) in [6, 6.07) is 8.31.